The number of hydrazone groups is 1. The maximum atomic E-state index is 11.2. The molecule has 1 N–H and O–H groups in total. The number of nitrogens with zero attached hydrogens (tertiary/aromatic N) is 3. The first-order valence-corrected chi connectivity index (χ1v) is 7.32. The molecule has 0 aromatic heterocycles. The molecule has 10 nitrogen and oxygen atoms in total. The number of ether oxygens (including phenoxy) is 1. The van der Waals surface area contributed by atoms with Crippen molar-refractivity contribution in [3.05, 3.63) is 74.3 Å². The Labute approximate surface area is 147 Å². The van der Waals surface area contributed by atoms with Crippen LogP contribution in [0.25, 0.3) is 0 Å². The molecule has 134 valence electrons. The highest BCUT2D eigenvalue weighted by atomic mass is 16.6. The van der Waals surface area contributed by atoms with Gasteiger partial charge in [-0.2, -0.15) is 5.10 Å². The maximum Gasteiger partial charge on any atom is 0.303 e. The van der Waals surface area contributed by atoms with E-state index in [1.54, 1.807) is 30.3 Å². The van der Waals surface area contributed by atoms with Crippen molar-refractivity contribution in [2.45, 2.75) is 6.92 Å². The second kappa shape index (κ2) is 8.33. The molecule has 0 heterocycles. The number of rotatable bonds is 7. The normalized spacial score (nSPS) is 10.9. The molecule has 0 amide bonds. The predicted octanol–water partition coefficient (Wildman–Crippen LogP) is 2.88. The Balaban J connectivity index is 2.35. The van der Waals surface area contributed by atoms with Crippen LogP contribution in [0.15, 0.2) is 53.6 Å². The SMILES string of the molecule is CC(=O)OC/C(=N/Nc1ccc([N+](=O)[O-])cc1[N+](=O)[O-])c1ccccc1. The maximum absolute atomic E-state index is 11.2. The third-order valence-electron chi connectivity index (χ3n) is 3.22. The van der Waals surface area contributed by atoms with Crippen LogP contribution in [0.3, 0.4) is 0 Å². The van der Waals surface area contributed by atoms with Crippen LogP contribution in [0.5, 0.6) is 0 Å². The van der Waals surface area contributed by atoms with Gasteiger partial charge in [0.2, 0.25) is 0 Å². The molecule has 0 saturated heterocycles. The van der Waals surface area contributed by atoms with Crippen molar-refractivity contribution in [2.75, 3.05) is 12.0 Å². The highest BCUT2D eigenvalue weighted by Crippen LogP contribution is 2.29. The van der Waals surface area contributed by atoms with E-state index in [4.69, 9.17) is 4.74 Å². The highest BCUT2D eigenvalue weighted by Gasteiger charge is 2.19. The van der Waals surface area contributed by atoms with Crippen LogP contribution in [0.2, 0.25) is 0 Å². The predicted molar refractivity (Wildman–Crippen MR) is 93.0 cm³/mol. The lowest BCUT2D eigenvalue weighted by Crippen LogP contribution is -2.15. The van der Waals surface area contributed by atoms with Gasteiger partial charge in [0.1, 0.15) is 18.0 Å². The first-order chi connectivity index (χ1) is 12.4. The minimum absolute atomic E-state index is 0.0307. The summed E-state index contributed by atoms with van der Waals surface area (Å²) in [6, 6.07) is 11.9. The van der Waals surface area contributed by atoms with Crippen molar-refractivity contribution in [1.29, 1.82) is 0 Å². The lowest BCUT2D eigenvalue weighted by atomic mass is 10.1. The molecule has 0 aliphatic carbocycles. The molecule has 0 aliphatic heterocycles. The lowest BCUT2D eigenvalue weighted by molar-refractivity contribution is -0.393. The summed E-state index contributed by atoms with van der Waals surface area (Å²) >= 11 is 0. The van der Waals surface area contributed by atoms with Gasteiger partial charge in [0.25, 0.3) is 5.69 Å². The van der Waals surface area contributed by atoms with Crippen molar-refractivity contribution >= 4 is 28.7 Å². The van der Waals surface area contributed by atoms with E-state index < -0.39 is 27.2 Å². The molecule has 2 aromatic carbocycles. The van der Waals surface area contributed by atoms with Gasteiger partial charge in [0.05, 0.1) is 15.9 Å². The van der Waals surface area contributed by atoms with E-state index in [2.05, 4.69) is 10.5 Å². The highest BCUT2D eigenvalue weighted by molar-refractivity contribution is 6.02. The van der Waals surface area contributed by atoms with Crippen molar-refractivity contribution in [2.24, 2.45) is 5.10 Å². The second-order valence-corrected chi connectivity index (χ2v) is 5.03. The zero-order chi connectivity index (χ0) is 19.1. The number of carbonyl (C=O) groups is 1. The summed E-state index contributed by atoms with van der Waals surface area (Å²) in [5.74, 6) is -0.505. The summed E-state index contributed by atoms with van der Waals surface area (Å²) in [4.78, 5) is 31.5. The number of esters is 1. The molecule has 0 radical (unpaired) electrons. The Bertz CT molecular complexity index is 866. The average Bonchev–Trinajstić information content (AvgIpc) is 2.62. The zero-order valence-electron chi connectivity index (χ0n) is 13.6. The van der Waals surface area contributed by atoms with Crippen molar-refractivity contribution < 1.29 is 19.4 Å². The summed E-state index contributed by atoms with van der Waals surface area (Å²) in [7, 11) is 0. The smallest absolute Gasteiger partial charge is 0.303 e. The van der Waals surface area contributed by atoms with E-state index in [1.807, 2.05) is 0 Å². The van der Waals surface area contributed by atoms with Gasteiger partial charge >= 0.3 is 11.7 Å². The Kier molecular flexibility index (Phi) is 5.93. The Morgan fingerprint density at radius 2 is 1.81 bits per heavy atom. The van der Waals surface area contributed by atoms with Gasteiger partial charge in [-0.1, -0.05) is 30.3 Å². The van der Waals surface area contributed by atoms with Crippen molar-refractivity contribution in [3.8, 4) is 0 Å². The van der Waals surface area contributed by atoms with Crippen LogP contribution in [-0.2, 0) is 9.53 Å². The van der Waals surface area contributed by atoms with E-state index in [1.165, 1.54) is 13.0 Å². The van der Waals surface area contributed by atoms with E-state index in [0.717, 1.165) is 12.1 Å². The van der Waals surface area contributed by atoms with Gasteiger partial charge in [0.15, 0.2) is 0 Å². The lowest BCUT2D eigenvalue weighted by Gasteiger charge is -2.08. The largest absolute Gasteiger partial charge is 0.459 e. The van der Waals surface area contributed by atoms with Crippen LogP contribution < -0.4 is 5.43 Å². The van der Waals surface area contributed by atoms with Gasteiger partial charge in [0, 0.05) is 18.6 Å². The number of non-ortho nitro benzene ring substituents is 1. The molecule has 26 heavy (non-hydrogen) atoms. The summed E-state index contributed by atoms with van der Waals surface area (Å²) in [5.41, 5.74) is 2.55. The Hall–Kier alpha value is -3.82. The molecular weight excluding hydrogens is 344 g/mol. The number of hydrogen-bond acceptors (Lipinski definition) is 8. The number of anilines is 1. The molecule has 2 rings (SSSR count). The van der Waals surface area contributed by atoms with Crippen LogP contribution in [-0.4, -0.2) is 28.1 Å². The standard InChI is InChI=1S/C16H14N4O6/c1-11(21)26-10-15(12-5-3-2-4-6-12)18-17-14-8-7-13(19(22)23)9-16(14)20(24)25/h2-9,17H,10H2,1H3/b18-15-. The fraction of sp³-hybridized carbons (Fsp3) is 0.125. The first-order valence-electron chi connectivity index (χ1n) is 7.32. The summed E-state index contributed by atoms with van der Waals surface area (Å²) < 4.78 is 4.94. The van der Waals surface area contributed by atoms with Crippen molar-refractivity contribution in [3.63, 3.8) is 0 Å². The van der Waals surface area contributed by atoms with Crippen molar-refractivity contribution in [1.82, 2.24) is 0 Å². The van der Waals surface area contributed by atoms with E-state index >= 15 is 0 Å². The number of nitrogens with one attached hydrogen (secondary N) is 1. The molecular formula is C16H14N4O6. The quantitative estimate of drug-likeness (QED) is 0.347. The molecule has 0 atom stereocenters. The number of benzene rings is 2. The topological polar surface area (TPSA) is 137 Å². The summed E-state index contributed by atoms with van der Waals surface area (Å²) in [5, 5.41) is 26.0. The van der Waals surface area contributed by atoms with Gasteiger partial charge in [-0.15, -0.1) is 0 Å². The first kappa shape index (κ1) is 18.5. The Morgan fingerprint density at radius 3 is 2.38 bits per heavy atom. The molecule has 0 aliphatic rings. The number of nitro groups is 2. The second-order valence-electron chi connectivity index (χ2n) is 5.03. The third kappa shape index (κ3) is 4.84. The van der Waals surface area contributed by atoms with Gasteiger partial charge < -0.3 is 4.74 Å². The minimum Gasteiger partial charge on any atom is -0.459 e. The van der Waals surface area contributed by atoms with Crippen LogP contribution in [0, 0.1) is 20.2 Å². The fourth-order valence-electron chi connectivity index (χ4n) is 1.99. The molecule has 0 bridgehead atoms. The zero-order valence-corrected chi connectivity index (χ0v) is 13.6. The fourth-order valence-corrected chi connectivity index (χ4v) is 1.99. The van der Waals surface area contributed by atoms with E-state index in [0.29, 0.717) is 11.3 Å². The van der Waals surface area contributed by atoms with Crippen LogP contribution >= 0.6 is 0 Å². The summed E-state index contributed by atoms with van der Waals surface area (Å²) in [6.45, 7) is 1.10. The molecule has 0 saturated carbocycles. The molecule has 2 aromatic rings. The summed E-state index contributed by atoms with van der Waals surface area (Å²) in [6.07, 6.45) is 0. The molecule has 10 heteroatoms. The molecule has 0 fully saturated rings. The van der Waals surface area contributed by atoms with E-state index in [9.17, 15) is 25.0 Å². The minimum atomic E-state index is -0.751. The average molecular weight is 358 g/mol. The monoisotopic (exact) mass is 358 g/mol. The molecule has 0 unspecified atom stereocenters. The van der Waals surface area contributed by atoms with Gasteiger partial charge in [-0.3, -0.25) is 30.4 Å². The number of nitro benzene ring substituents is 2. The van der Waals surface area contributed by atoms with E-state index in [-0.39, 0.29) is 12.3 Å². The van der Waals surface area contributed by atoms with Crippen LogP contribution in [0.1, 0.15) is 12.5 Å². The third-order valence-corrected chi connectivity index (χ3v) is 3.22. The Morgan fingerprint density at radius 1 is 1.12 bits per heavy atom. The van der Waals surface area contributed by atoms with Crippen LogP contribution in [0.4, 0.5) is 17.1 Å². The molecule has 0 spiro atoms. The van der Waals surface area contributed by atoms with Gasteiger partial charge in [-0.05, 0) is 6.07 Å². The van der Waals surface area contributed by atoms with Gasteiger partial charge in [-0.25, -0.2) is 0 Å². The number of hydrogen-bond donors (Lipinski definition) is 1. The number of carbonyl (C=O) groups excluding carboxylic acids is 1.